The Labute approximate surface area is 108 Å². The van der Waals surface area contributed by atoms with E-state index in [2.05, 4.69) is 20.8 Å². The third kappa shape index (κ3) is 2.80. The Morgan fingerprint density at radius 3 is 2.31 bits per heavy atom. The minimum atomic E-state index is 0.314. The maximum absolute atomic E-state index is 9.20. The van der Waals surface area contributed by atoms with E-state index in [1.165, 1.54) is 51.5 Å². The number of hydrogen-bond acceptors (Lipinski definition) is 2. The topological polar surface area (TPSA) is 23.5 Å². The van der Waals surface area contributed by atoms with Crippen molar-refractivity contribution in [3.8, 4) is 0 Å². The second kappa shape index (κ2) is 5.83. The molecule has 2 nitrogen and oxygen atoms in total. The summed E-state index contributed by atoms with van der Waals surface area (Å²) in [6, 6.07) is 0.753. The van der Waals surface area contributed by atoms with Gasteiger partial charge in [0, 0.05) is 24.5 Å². The molecule has 0 aromatic heterocycles. The zero-order chi connectivity index (χ0) is 11.4. The number of rotatable bonds is 6. The Hall–Kier alpha value is 0.400. The molecule has 0 spiro atoms. The molecular weight excluding hydrogens is 266 g/mol. The van der Waals surface area contributed by atoms with Crippen LogP contribution < -0.4 is 0 Å². The van der Waals surface area contributed by atoms with E-state index in [1.807, 2.05) is 0 Å². The van der Waals surface area contributed by atoms with Gasteiger partial charge in [-0.3, -0.25) is 4.90 Å². The third-order valence-corrected chi connectivity index (χ3v) is 5.65. The van der Waals surface area contributed by atoms with Crippen molar-refractivity contribution in [3.05, 3.63) is 0 Å². The van der Waals surface area contributed by atoms with Crippen molar-refractivity contribution in [3.63, 3.8) is 0 Å². The van der Waals surface area contributed by atoms with Gasteiger partial charge in [0.05, 0.1) is 6.61 Å². The van der Waals surface area contributed by atoms with Crippen LogP contribution in [0.4, 0.5) is 0 Å². The summed E-state index contributed by atoms with van der Waals surface area (Å²) in [4.78, 5) is 2.56. The van der Waals surface area contributed by atoms with Gasteiger partial charge in [0.1, 0.15) is 0 Å². The molecule has 2 aliphatic rings. The number of alkyl halides is 1. The number of nitrogens with zero attached hydrogens (tertiary/aromatic N) is 1. The molecule has 2 saturated carbocycles. The summed E-state index contributed by atoms with van der Waals surface area (Å²) in [6.45, 7) is 2.39. The van der Waals surface area contributed by atoms with Gasteiger partial charge in [-0.2, -0.15) is 0 Å². The standard InChI is InChI=1S/C13H24BrNO/c14-10-13(6-3-7-13)11-15(8-9-16)12-4-1-2-5-12/h12,16H,1-11H2. The van der Waals surface area contributed by atoms with Gasteiger partial charge in [0.15, 0.2) is 0 Å². The average molecular weight is 290 g/mol. The highest BCUT2D eigenvalue weighted by Crippen LogP contribution is 2.43. The molecule has 0 unspecified atom stereocenters. The molecule has 0 heterocycles. The highest BCUT2D eigenvalue weighted by Gasteiger charge is 2.39. The first-order chi connectivity index (χ1) is 7.79. The van der Waals surface area contributed by atoms with Crippen LogP contribution in [0.2, 0.25) is 0 Å². The molecule has 0 aliphatic heterocycles. The van der Waals surface area contributed by atoms with E-state index in [0.29, 0.717) is 12.0 Å². The van der Waals surface area contributed by atoms with Gasteiger partial charge in [-0.05, 0) is 31.1 Å². The summed E-state index contributed by atoms with van der Waals surface area (Å²) in [5.74, 6) is 0. The first-order valence-electron chi connectivity index (χ1n) is 6.70. The molecule has 0 aromatic carbocycles. The molecule has 2 rings (SSSR count). The molecule has 0 radical (unpaired) electrons. The summed E-state index contributed by atoms with van der Waals surface area (Å²) in [5.41, 5.74) is 0.526. The number of aliphatic hydroxyl groups excluding tert-OH is 1. The van der Waals surface area contributed by atoms with Crippen LogP contribution in [0.15, 0.2) is 0 Å². The van der Waals surface area contributed by atoms with Crippen LogP contribution in [-0.4, -0.2) is 41.1 Å². The summed E-state index contributed by atoms with van der Waals surface area (Å²) >= 11 is 3.68. The van der Waals surface area contributed by atoms with Crippen molar-refractivity contribution in [2.45, 2.75) is 51.0 Å². The molecule has 0 saturated heterocycles. The van der Waals surface area contributed by atoms with Crippen LogP contribution in [0.1, 0.15) is 44.9 Å². The summed E-state index contributed by atoms with van der Waals surface area (Å²) < 4.78 is 0. The van der Waals surface area contributed by atoms with Gasteiger partial charge < -0.3 is 5.11 Å². The predicted octanol–water partition coefficient (Wildman–Crippen LogP) is 2.79. The highest BCUT2D eigenvalue weighted by atomic mass is 79.9. The Balaban J connectivity index is 1.90. The quantitative estimate of drug-likeness (QED) is 0.760. The van der Waals surface area contributed by atoms with Crippen LogP contribution in [0.5, 0.6) is 0 Å². The van der Waals surface area contributed by atoms with E-state index >= 15 is 0 Å². The normalized spacial score (nSPS) is 24.9. The Morgan fingerprint density at radius 2 is 1.88 bits per heavy atom. The van der Waals surface area contributed by atoms with Crippen molar-refractivity contribution < 1.29 is 5.11 Å². The van der Waals surface area contributed by atoms with Crippen LogP contribution in [0, 0.1) is 5.41 Å². The lowest BCUT2D eigenvalue weighted by Crippen LogP contribution is -2.47. The summed E-state index contributed by atoms with van der Waals surface area (Å²) in [6.07, 6.45) is 9.58. The molecule has 1 N–H and O–H groups in total. The maximum atomic E-state index is 9.20. The summed E-state index contributed by atoms with van der Waals surface area (Å²) in [5, 5.41) is 10.3. The molecule has 3 heteroatoms. The molecular formula is C13H24BrNO. The largest absolute Gasteiger partial charge is 0.395 e. The zero-order valence-corrected chi connectivity index (χ0v) is 11.7. The fourth-order valence-corrected chi connectivity index (χ4v) is 3.97. The predicted molar refractivity (Wildman–Crippen MR) is 71.0 cm³/mol. The fraction of sp³-hybridized carbons (Fsp3) is 1.00. The van der Waals surface area contributed by atoms with Crippen molar-refractivity contribution in [1.29, 1.82) is 0 Å². The fourth-order valence-electron chi connectivity index (χ4n) is 3.23. The minimum Gasteiger partial charge on any atom is -0.395 e. The van der Waals surface area contributed by atoms with Gasteiger partial charge in [-0.15, -0.1) is 0 Å². The number of hydrogen-bond donors (Lipinski definition) is 1. The lowest BCUT2D eigenvalue weighted by atomic mass is 9.70. The van der Waals surface area contributed by atoms with E-state index in [9.17, 15) is 5.11 Å². The monoisotopic (exact) mass is 289 g/mol. The van der Waals surface area contributed by atoms with Crippen molar-refractivity contribution in [2.75, 3.05) is 25.0 Å². The first kappa shape index (κ1) is 12.8. The van der Waals surface area contributed by atoms with Gasteiger partial charge >= 0.3 is 0 Å². The number of halogens is 1. The van der Waals surface area contributed by atoms with E-state index in [1.54, 1.807) is 0 Å². The molecule has 0 amide bonds. The molecule has 0 atom stereocenters. The number of aliphatic hydroxyl groups is 1. The van der Waals surface area contributed by atoms with Crippen LogP contribution >= 0.6 is 15.9 Å². The third-order valence-electron chi connectivity index (χ3n) is 4.46. The molecule has 94 valence electrons. The lowest BCUT2D eigenvalue weighted by Gasteiger charge is -2.45. The second-order valence-corrected chi connectivity index (χ2v) is 6.18. The van der Waals surface area contributed by atoms with Gasteiger partial charge in [-0.1, -0.05) is 35.2 Å². The Bertz CT molecular complexity index is 206. The first-order valence-corrected chi connectivity index (χ1v) is 7.83. The Morgan fingerprint density at radius 1 is 1.19 bits per heavy atom. The van der Waals surface area contributed by atoms with Crippen molar-refractivity contribution in [1.82, 2.24) is 4.90 Å². The zero-order valence-electron chi connectivity index (χ0n) is 10.1. The second-order valence-electron chi connectivity index (χ2n) is 5.62. The van der Waals surface area contributed by atoms with Gasteiger partial charge in [-0.25, -0.2) is 0 Å². The minimum absolute atomic E-state index is 0.314. The summed E-state index contributed by atoms with van der Waals surface area (Å²) in [7, 11) is 0. The van der Waals surface area contributed by atoms with Crippen LogP contribution in [0.3, 0.4) is 0 Å². The van der Waals surface area contributed by atoms with E-state index in [4.69, 9.17) is 0 Å². The smallest absolute Gasteiger partial charge is 0.0558 e. The van der Waals surface area contributed by atoms with E-state index in [0.717, 1.165) is 17.9 Å². The maximum Gasteiger partial charge on any atom is 0.0558 e. The SMILES string of the molecule is OCCN(CC1(CBr)CCC1)C1CCCC1. The molecule has 2 aliphatic carbocycles. The van der Waals surface area contributed by atoms with E-state index < -0.39 is 0 Å². The van der Waals surface area contributed by atoms with Crippen molar-refractivity contribution >= 4 is 15.9 Å². The molecule has 0 aromatic rings. The van der Waals surface area contributed by atoms with Gasteiger partial charge in [0.25, 0.3) is 0 Å². The van der Waals surface area contributed by atoms with Crippen LogP contribution in [-0.2, 0) is 0 Å². The lowest BCUT2D eigenvalue weighted by molar-refractivity contribution is 0.0539. The highest BCUT2D eigenvalue weighted by molar-refractivity contribution is 9.09. The molecule has 16 heavy (non-hydrogen) atoms. The molecule has 0 bridgehead atoms. The van der Waals surface area contributed by atoms with E-state index in [-0.39, 0.29) is 0 Å². The van der Waals surface area contributed by atoms with Crippen molar-refractivity contribution in [2.24, 2.45) is 5.41 Å². The van der Waals surface area contributed by atoms with Gasteiger partial charge in [0.2, 0.25) is 0 Å². The van der Waals surface area contributed by atoms with Crippen LogP contribution in [0.25, 0.3) is 0 Å². The average Bonchev–Trinajstić information content (AvgIpc) is 2.75. The Kier molecular flexibility index (Phi) is 4.68. The molecule has 2 fully saturated rings.